The largest absolute Gasteiger partial charge is 0.418 e. The summed E-state index contributed by atoms with van der Waals surface area (Å²) in [6.45, 7) is 3.76. The predicted octanol–water partition coefficient (Wildman–Crippen LogP) is 2.07. The average Bonchev–Trinajstić information content (AvgIpc) is 2.86. The highest BCUT2D eigenvalue weighted by molar-refractivity contribution is 6.07. The summed E-state index contributed by atoms with van der Waals surface area (Å²) in [6.07, 6.45) is -4.14. The first kappa shape index (κ1) is 17.5. The molecule has 0 spiro atoms. The minimum atomic E-state index is -4.55. The van der Waals surface area contributed by atoms with Crippen LogP contribution in [0.1, 0.15) is 31.4 Å². The molecule has 25 heavy (non-hydrogen) atoms. The van der Waals surface area contributed by atoms with Gasteiger partial charge < -0.3 is 15.3 Å². The van der Waals surface area contributed by atoms with Crippen molar-refractivity contribution < 1.29 is 23.1 Å². The van der Waals surface area contributed by atoms with Crippen molar-refractivity contribution in [1.29, 1.82) is 0 Å². The molecule has 1 aromatic carbocycles. The Bertz CT molecular complexity index is 731. The number of anilines is 1. The molecule has 0 radical (unpaired) electrons. The van der Waals surface area contributed by atoms with Crippen LogP contribution in [0.5, 0.6) is 0 Å². The molecule has 0 saturated carbocycles. The number of β-amino-alcohol motifs (C(OH)–C–C–N with tert-alkyl or cyclic N) is 1. The van der Waals surface area contributed by atoms with Crippen LogP contribution in [0.4, 0.5) is 23.7 Å². The number of carbonyl (C=O) groups excluding carboxylic acids is 1. The molecule has 0 aliphatic carbocycles. The number of nitrogens with one attached hydrogen (secondary N) is 2. The molecule has 2 aliphatic heterocycles. The number of benzene rings is 1. The fourth-order valence-corrected chi connectivity index (χ4v) is 3.17. The first-order chi connectivity index (χ1) is 11.6. The van der Waals surface area contributed by atoms with Gasteiger partial charge in [-0.15, -0.1) is 0 Å². The molecular weight excluding hydrogens is 337 g/mol. The maximum absolute atomic E-state index is 13.6. The lowest BCUT2D eigenvalue weighted by Gasteiger charge is -2.26. The van der Waals surface area contributed by atoms with Crippen LogP contribution >= 0.6 is 0 Å². The summed E-state index contributed by atoms with van der Waals surface area (Å²) in [5, 5.41) is 16.5. The van der Waals surface area contributed by atoms with E-state index in [1.165, 1.54) is 6.07 Å². The van der Waals surface area contributed by atoms with Crippen molar-refractivity contribution in [3.63, 3.8) is 0 Å². The molecule has 1 saturated heterocycles. The summed E-state index contributed by atoms with van der Waals surface area (Å²) in [5.41, 5.74) is 1.07. The van der Waals surface area contributed by atoms with Gasteiger partial charge in [0.15, 0.2) is 0 Å². The fourth-order valence-electron chi connectivity index (χ4n) is 3.17. The molecule has 9 heteroatoms. The van der Waals surface area contributed by atoms with Crippen molar-refractivity contribution in [2.75, 3.05) is 18.0 Å². The Labute approximate surface area is 142 Å². The third-order valence-electron chi connectivity index (χ3n) is 4.43. The summed E-state index contributed by atoms with van der Waals surface area (Å²) >= 11 is 0. The molecule has 2 atom stereocenters. The first-order valence-electron chi connectivity index (χ1n) is 7.90. The van der Waals surface area contributed by atoms with Crippen molar-refractivity contribution in [2.24, 2.45) is 5.10 Å². The first-order valence-corrected chi connectivity index (χ1v) is 7.90. The van der Waals surface area contributed by atoms with E-state index in [0.717, 1.165) is 6.07 Å². The maximum atomic E-state index is 13.6. The van der Waals surface area contributed by atoms with Crippen LogP contribution in [0.3, 0.4) is 0 Å². The molecule has 1 aromatic rings. The topological polar surface area (TPSA) is 77.0 Å². The number of rotatable bonds is 2. The van der Waals surface area contributed by atoms with Crippen molar-refractivity contribution >= 4 is 17.4 Å². The van der Waals surface area contributed by atoms with Gasteiger partial charge in [-0.25, -0.2) is 10.2 Å². The number of urea groups is 1. The maximum Gasteiger partial charge on any atom is 0.418 e. The molecule has 3 N–H and O–H groups in total. The molecule has 6 nitrogen and oxygen atoms in total. The number of hydrazone groups is 1. The Balaban J connectivity index is 2.01. The van der Waals surface area contributed by atoms with Crippen LogP contribution in [0.25, 0.3) is 0 Å². The zero-order valence-electron chi connectivity index (χ0n) is 13.8. The normalized spacial score (nSPS) is 27.0. The van der Waals surface area contributed by atoms with Gasteiger partial charge in [-0.05, 0) is 32.4 Å². The molecule has 0 unspecified atom stereocenters. The number of amides is 2. The van der Waals surface area contributed by atoms with Crippen LogP contribution in [-0.4, -0.2) is 41.6 Å². The minimum absolute atomic E-state index is 0.0371. The lowest BCUT2D eigenvalue weighted by atomic mass is 9.99. The highest BCUT2D eigenvalue weighted by Gasteiger charge is 2.39. The zero-order chi connectivity index (χ0) is 18.4. The van der Waals surface area contributed by atoms with Gasteiger partial charge in [0.05, 0.1) is 22.9 Å². The van der Waals surface area contributed by atoms with Gasteiger partial charge in [-0.3, -0.25) is 0 Å². The van der Waals surface area contributed by atoms with Crippen LogP contribution in [0.15, 0.2) is 23.3 Å². The molecule has 2 heterocycles. The van der Waals surface area contributed by atoms with Gasteiger partial charge in [0, 0.05) is 24.3 Å². The lowest BCUT2D eigenvalue weighted by molar-refractivity contribution is -0.137. The average molecular weight is 356 g/mol. The van der Waals surface area contributed by atoms with Crippen molar-refractivity contribution in [2.45, 2.75) is 38.1 Å². The van der Waals surface area contributed by atoms with Gasteiger partial charge in [0.1, 0.15) is 0 Å². The quantitative estimate of drug-likeness (QED) is 0.759. The van der Waals surface area contributed by atoms with E-state index in [4.69, 9.17) is 0 Å². The van der Waals surface area contributed by atoms with Crippen molar-refractivity contribution in [3.05, 3.63) is 29.3 Å². The van der Waals surface area contributed by atoms with E-state index in [0.29, 0.717) is 18.7 Å². The van der Waals surface area contributed by atoms with E-state index in [-0.39, 0.29) is 17.8 Å². The SMILES string of the molecule is C[C@@H]1NC(=O)NN=C1c1ccc(N2CC[C@@](C)(O)C2)c(C(F)(F)F)c1. The summed E-state index contributed by atoms with van der Waals surface area (Å²) in [6, 6.07) is 2.98. The monoisotopic (exact) mass is 356 g/mol. The third-order valence-corrected chi connectivity index (χ3v) is 4.43. The number of hydrogen-bond acceptors (Lipinski definition) is 4. The number of alkyl halides is 3. The van der Waals surface area contributed by atoms with Crippen LogP contribution in [0, 0.1) is 0 Å². The van der Waals surface area contributed by atoms with E-state index in [1.807, 2.05) is 0 Å². The molecule has 3 rings (SSSR count). The van der Waals surface area contributed by atoms with Gasteiger partial charge in [0.25, 0.3) is 0 Å². The summed E-state index contributed by atoms with van der Waals surface area (Å²) in [5.74, 6) is 0. The highest BCUT2D eigenvalue weighted by atomic mass is 19.4. The standard InChI is InChI=1S/C16H19F3N4O2/c1-9-13(21-22-14(24)20-9)10-3-4-12(11(7-10)16(17,18)19)23-6-5-15(2,25)8-23/h3-4,7,9,25H,5-6,8H2,1-2H3,(H2,20,22,24)/t9-,15+/m0/s1. The Kier molecular flexibility index (Phi) is 4.14. The molecule has 2 aliphatic rings. The Morgan fingerprint density at radius 2 is 2.12 bits per heavy atom. The number of carbonyl (C=O) groups is 1. The number of halogens is 3. The van der Waals surface area contributed by atoms with Crippen LogP contribution in [-0.2, 0) is 6.18 Å². The highest BCUT2D eigenvalue weighted by Crippen LogP contribution is 2.39. The van der Waals surface area contributed by atoms with Crippen LogP contribution in [0.2, 0.25) is 0 Å². The van der Waals surface area contributed by atoms with E-state index >= 15 is 0 Å². The summed E-state index contributed by atoms with van der Waals surface area (Å²) < 4.78 is 40.8. The molecule has 0 bridgehead atoms. The van der Waals surface area contributed by atoms with Crippen molar-refractivity contribution in [3.8, 4) is 0 Å². The number of hydrogen-bond donors (Lipinski definition) is 3. The molecule has 1 fully saturated rings. The number of aliphatic hydroxyl groups is 1. The van der Waals surface area contributed by atoms with E-state index < -0.39 is 29.4 Å². The zero-order valence-corrected chi connectivity index (χ0v) is 13.8. The van der Waals surface area contributed by atoms with Gasteiger partial charge >= 0.3 is 12.2 Å². The molecular formula is C16H19F3N4O2. The van der Waals surface area contributed by atoms with E-state index in [1.54, 1.807) is 24.8 Å². The second-order valence-corrected chi connectivity index (χ2v) is 6.70. The Morgan fingerprint density at radius 1 is 1.40 bits per heavy atom. The van der Waals surface area contributed by atoms with E-state index in [9.17, 15) is 23.1 Å². The lowest BCUT2D eigenvalue weighted by Crippen LogP contribution is -2.48. The van der Waals surface area contributed by atoms with Crippen molar-refractivity contribution in [1.82, 2.24) is 10.7 Å². The number of nitrogens with zero attached hydrogens (tertiary/aromatic N) is 2. The fraction of sp³-hybridized carbons (Fsp3) is 0.500. The predicted molar refractivity (Wildman–Crippen MR) is 86.6 cm³/mol. The minimum Gasteiger partial charge on any atom is -0.388 e. The molecule has 2 amide bonds. The van der Waals surface area contributed by atoms with Crippen LogP contribution < -0.4 is 15.6 Å². The second kappa shape index (κ2) is 5.91. The molecule has 136 valence electrons. The summed E-state index contributed by atoms with van der Waals surface area (Å²) in [4.78, 5) is 12.8. The Morgan fingerprint density at radius 3 is 2.68 bits per heavy atom. The van der Waals surface area contributed by atoms with Gasteiger partial charge in [-0.2, -0.15) is 18.3 Å². The third kappa shape index (κ3) is 3.55. The Hall–Kier alpha value is -2.29. The van der Waals surface area contributed by atoms with Gasteiger partial charge in [0.2, 0.25) is 0 Å². The molecule has 0 aromatic heterocycles. The smallest absolute Gasteiger partial charge is 0.388 e. The summed E-state index contributed by atoms with van der Waals surface area (Å²) in [7, 11) is 0. The second-order valence-electron chi connectivity index (χ2n) is 6.70. The van der Waals surface area contributed by atoms with E-state index in [2.05, 4.69) is 15.8 Å². The van der Waals surface area contributed by atoms with Gasteiger partial charge in [-0.1, -0.05) is 6.07 Å².